The standard InChI is InChI=1S/C28H29NO6S/c1-18-6-13-22(14-7-18)36(31,32)29-24(15-8-19(2)30)28(20-9-11-21(33-3)12-10-20)23-16-26(34-4)27(35-5)17-25(23)29/h6-7,9-14,16-17H,8,15H2,1-5H3. The van der Waals surface area contributed by atoms with Gasteiger partial charge in [-0.2, -0.15) is 0 Å². The van der Waals surface area contributed by atoms with Gasteiger partial charge in [-0.25, -0.2) is 12.4 Å². The summed E-state index contributed by atoms with van der Waals surface area (Å²) in [6.07, 6.45) is 0.429. The number of carbonyl (C=O) groups excluding carboxylic acids is 1. The second-order valence-electron chi connectivity index (χ2n) is 8.56. The van der Waals surface area contributed by atoms with Gasteiger partial charge >= 0.3 is 0 Å². The van der Waals surface area contributed by atoms with E-state index in [1.807, 2.05) is 31.2 Å². The molecule has 0 aliphatic carbocycles. The van der Waals surface area contributed by atoms with E-state index in [1.54, 1.807) is 43.5 Å². The van der Waals surface area contributed by atoms with Crippen LogP contribution in [0, 0.1) is 6.92 Å². The molecule has 0 N–H and O–H groups in total. The molecule has 0 bridgehead atoms. The van der Waals surface area contributed by atoms with Gasteiger partial charge in [-0.05, 0) is 56.2 Å². The van der Waals surface area contributed by atoms with E-state index in [0.29, 0.717) is 39.4 Å². The molecular formula is C28H29NO6S. The SMILES string of the molecule is COc1ccc(-c2c(CCC(C)=O)n(S(=O)(=O)c3ccc(C)cc3)c3cc(OC)c(OC)cc23)cc1. The Morgan fingerprint density at radius 1 is 0.861 bits per heavy atom. The van der Waals surface area contributed by atoms with Crippen molar-refractivity contribution in [1.82, 2.24) is 3.97 Å². The first-order chi connectivity index (χ1) is 17.2. The van der Waals surface area contributed by atoms with Crippen LogP contribution in [0.4, 0.5) is 0 Å². The number of fused-ring (bicyclic) bond motifs is 1. The van der Waals surface area contributed by atoms with E-state index < -0.39 is 10.0 Å². The highest BCUT2D eigenvalue weighted by molar-refractivity contribution is 7.90. The third-order valence-corrected chi connectivity index (χ3v) is 7.94. The Bertz CT molecular complexity index is 1520. The normalized spacial score (nSPS) is 11.5. The summed E-state index contributed by atoms with van der Waals surface area (Å²) < 4.78 is 45.9. The quantitative estimate of drug-likeness (QED) is 0.302. The first-order valence-corrected chi connectivity index (χ1v) is 12.9. The number of ketones is 1. The molecule has 1 heterocycles. The molecule has 0 saturated carbocycles. The molecule has 0 unspecified atom stereocenters. The molecule has 36 heavy (non-hydrogen) atoms. The molecule has 0 spiro atoms. The minimum Gasteiger partial charge on any atom is -0.497 e. The van der Waals surface area contributed by atoms with Crippen LogP contribution in [0.2, 0.25) is 0 Å². The number of ether oxygens (including phenoxy) is 3. The van der Waals surface area contributed by atoms with Crippen LogP contribution in [-0.4, -0.2) is 39.5 Å². The van der Waals surface area contributed by atoms with Crippen LogP contribution < -0.4 is 14.2 Å². The molecule has 7 nitrogen and oxygen atoms in total. The van der Waals surface area contributed by atoms with Crippen molar-refractivity contribution in [2.45, 2.75) is 31.6 Å². The van der Waals surface area contributed by atoms with Crippen molar-refractivity contribution >= 4 is 26.7 Å². The van der Waals surface area contributed by atoms with E-state index in [0.717, 1.165) is 11.1 Å². The zero-order valence-electron chi connectivity index (χ0n) is 21.0. The van der Waals surface area contributed by atoms with E-state index in [-0.39, 0.29) is 23.5 Å². The fraction of sp³-hybridized carbons (Fsp3) is 0.250. The molecule has 188 valence electrons. The Balaban J connectivity index is 2.14. The molecule has 0 aliphatic heterocycles. The second kappa shape index (κ2) is 10.1. The van der Waals surface area contributed by atoms with E-state index in [1.165, 1.54) is 25.1 Å². The minimum absolute atomic E-state index is 0.0321. The number of methoxy groups -OCH3 is 3. The summed E-state index contributed by atoms with van der Waals surface area (Å²) in [7, 11) is 0.608. The number of aromatic nitrogens is 1. The Morgan fingerprint density at radius 3 is 2.03 bits per heavy atom. The number of rotatable bonds is 9. The smallest absolute Gasteiger partial charge is 0.268 e. The second-order valence-corrected chi connectivity index (χ2v) is 10.3. The number of carbonyl (C=O) groups is 1. The van der Waals surface area contributed by atoms with Crippen molar-refractivity contribution in [2.24, 2.45) is 0 Å². The zero-order chi connectivity index (χ0) is 26.0. The Morgan fingerprint density at radius 2 is 1.47 bits per heavy atom. The number of Topliss-reactive ketones (excluding diaryl/α,β-unsaturated/α-hetero) is 1. The minimum atomic E-state index is -4.02. The van der Waals surface area contributed by atoms with Gasteiger partial charge in [-0.15, -0.1) is 0 Å². The average molecular weight is 508 g/mol. The van der Waals surface area contributed by atoms with Gasteiger partial charge in [0.2, 0.25) is 0 Å². The summed E-state index contributed by atoms with van der Waals surface area (Å²) >= 11 is 0. The van der Waals surface area contributed by atoms with Gasteiger partial charge in [0.15, 0.2) is 11.5 Å². The highest BCUT2D eigenvalue weighted by atomic mass is 32.2. The lowest BCUT2D eigenvalue weighted by atomic mass is 9.99. The molecular weight excluding hydrogens is 478 g/mol. The van der Waals surface area contributed by atoms with Crippen LogP contribution >= 0.6 is 0 Å². The maximum absolute atomic E-state index is 14.1. The van der Waals surface area contributed by atoms with Crippen molar-refractivity contribution in [1.29, 1.82) is 0 Å². The predicted octanol–water partition coefficient (Wildman–Crippen LogP) is 5.40. The number of aryl methyl sites for hydroxylation is 1. The first kappa shape index (κ1) is 25.3. The van der Waals surface area contributed by atoms with Gasteiger partial charge < -0.3 is 19.0 Å². The Hall–Kier alpha value is -3.78. The van der Waals surface area contributed by atoms with Crippen molar-refractivity contribution in [2.75, 3.05) is 21.3 Å². The van der Waals surface area contributed by atoms with Gasteiger partial charge in [0.1, 0.15) is 11.5 Å². The first-order valence-electron chi connectivity index (χ1n) is 11.5. The Kier molecular flexibility index (Phi) is 7.08. The van der Waals surface area contributed by atoms with Gasteiger partial charge in [-0.1, -0.05) is 29.8 Å². The Labute approximate surface area is 211 Å². The molecule has 1 aromatic heterocycles. The summed E-state index contributed by atoms with van der Waals surface area (Å²) in [5, 5.41) is 0.673. The molecule has 0 aliphatic rings. The molecule has 8 heteroatoms. The fourth-order valence-electron chi connectivity index (χ4n) is 4.33. The third-order valence-electron chi connectivity index (χ3n) is 6.18. The maximum atomic E-state index is 14.1. The van der Waals surface area contributed by atoms with E-state index in [4.69, 9.17) is 14.2 Å². The molecule has 0 fully saturated rings. The summed E-state index contributed by atoms with van der Waals surface area (Å²) in [4.78, 5) is 12.2. The number of benzene rings is 3. The monoisotopic (exact) mass is 507 g/mol. The van der Waals surface area contributed by atoms with E-state index >= 15 is 0 Å². The topological polar surface area (TPSA) is 83.8 Å². The number of nitrogens with zero attached hydrogens (tertiary/aromatic N) is 1. The van der Waals surface area contributed by atoms with Gasteiger partial charge in [0, 0.05) is 29.1 Å². The predicted molar refractivity (Wildman–Crippen MR) is 140 cm³/mol. The summed E-state index contributed by atoms with van der Waals surface area (Å²) in [6, 6.07) is 17.6. The van der Waals surface area contributed by atoms with E-state index in [2.05, 4.69) is 0 Å². The molecule has 4 rings (SSSR count). The van der Waals surface area contributed by atoms with E-state index in [9.17, 15) is 13.2 Å². The van der Waals surface area contributed by atoms with Gasteiger partial charge in [0.25, 0.3) is 10.0 Å². The van der Waals surface area contributed by atoms with Crippen LogP contribution in [0.1, 0.15) is 24.6 Å². The zero-order valence-corrected chi connectivity index (χ0v) is 21.8. The lowest BCUT2D eigenvalue weighted by Gasteiger charge is -2.14. The molecule has 0 atom stereocenters. The van der Waals surface area contributed by atoms with Crippen LogP contribution in [0.5, 0.6) is 17.2 Å². The average Bonchev–Trinajstić information content (AvgIpc) is 3.20. The van der Waals surface area contributed by atoms with Crippen LogP contribution in [0.3, 0.4) is 0 Å². The van der Waals surface area contributed by atoms with Gasteiger partial charge in [-0.3, -0.25) is 0 Å². The maximum Gasteiger partial charge on any atom is 0.268 e. The van der Waals surface area contributed by atoms with Crippen molar-refractivity contribution in [3.8, 4) is 28.4 Å². The molecule has 3 aromatic carbocycles. The summed E-state index contributed by atoms with van der Waals surface area (Å²) in [5.41, 5.74) is 3.42. The van der Waals surface area contributed by atoms with Crippen molar-refractivity contribution in [3.05, 3.63) is 71.9 Å². The lowest BCUT2D eigenvalue weighted by Crippen LogP contribution is -2.16. The van der Waals surface area contributed by atoms with Crippen LogP contribution in [0.25, 0.3) is 22.0 Å². The van der Waals surface area contributed by atoms with Crippen molar-refractivity contribution < 1.29 is 27.4 Å². The van der Waals surface area contributed by atoms with Crippen molar-refractivity contribution in [3.63, 3.8) is 0 Å². The lowest BCUT2D eigenvalue weighted by molar-refractivity contribution is -0.117. The highest BCUT2D eigenvalue weighted by Gasteiger charge is 2.29. The number of hydrogen-bond acceptors (Lipinski definition) is 6. The highest BCUT2D eigenvalue weighted by Crippen LogP contribution is 2.43. The third kappa shape index (κ3) is 4.56. The molecule has 4 aromatic rings. The van der Waals surface area contributed by atoms with Crippen LogP contribution in [-0.2, 0) is 21.2 Å². The largest absolute Gasteiger partial charge is 0.497 e. The molecule has 0 amide bonds. The van der Waals surface area contributed by atoms with Crippen LogP contribution in [0.15, 0.2) is 65.6 Å². The number of hydrogen-bond donors (Lipinski definition) is 0. The fourth-order valence-corrected chi connectivity index (χ4v) is 5.90. The molecule has 0 radical (unpaired) electrons. The van der Waals surface area contributed by atoms with Gasteiger partial charge in [0.05, 0.1) is 31.7 Å². The summed E-state index contributed by atoms with van der Waals surface area (Å²) in [5.74, 6) is 1.53. The summed E-state index contributed by atoms with van der Waals surface area (Å²) in [6.45, 7) is 3.40. The molecule has 0 saturated heterocycles.